The fraction of sp³-hybridized carbons (Fsp3) is 0.667. The third-order valence-corrected chi connectivity index (χ3v) is 3.50. The zero-order valence-corrected chi connectivity index (χ0v) is 7.89. The third kappa shape index (κ3) is 1.52. The quantitative estimate of drug-likeness (QED) is 0.722. The van der Waals surface area contributed by atoms with Gasteiger partial charge in [0.1, 0.15) is 0 Å². The number of aromatic nitrogens is 1. The van der Waals surface area contributed by atoms with Crippen molar-refractivity contribution in [2.75, 3.05) is 0 Å². The molecule has 2 rings (SSSR count). The van der Waals surface area contributed by atoms with Gasteiger partial charge in [0.05, 0.1) is 5.01 Å². The molecule has 0 aromatic carbocycles. The van der Waals surface area contributed by atoms with Crippen molar-refractivity contribution in [3.05, 3.63) is 16.6 Å². The molecule has 3 heteroatoms. The molecule has 12 heavy (non-hydrogen) atoms. The minimum Gasteiger partial charge on any atom is -0.327 e. The molecule has 0 bridgehead atoms. The first-order valence-corrected chi connectivity index (χ1v) is 5.41. The zero-order valence-electron chi connectivity index (χ0n) is 7.07. The van der Waals surface area contributed by atoms with Crippen molar-refractivity contribution >= 4 is 11.3 Å². The summed E-state index contributed by atoms with van der Waals surface area (Å²) in [7, 11) is 0. The molecule has 0 amide bonds. The van der Waals surface area contributed by atoms with Gasteiger partial charge in [0.2, 0.25) is 0 Å². The molecule has 1 aromatic heterocycles. The minimum atomic E-state index is 0.352. The molecule has 1 aromatic rings. The minimum absolute atomic E-state index is 0.352. The van der Waals surface area contributed by atoms with Crippen molar-refractivity contribution in [2.24, 2.45) is 5.73 Å². The van der Waals surface area contributed by atoms with Crippen molar-refractivity contribution in [3.8, 4) is 0 Å². The zero-order chi connectivity index (χ0) is 8.39. The lowest BCUT2D eigenvalue weighted by Gasteiger charge is -2.26. The topological polar surface area (TPSA) is 38.9 Å². The van der Waals surface area contributed by atoms with Crippen LogP contribution in [0.5, 0.6) is 0 Å². The summed E-state index contributed by atoms with van der Waals surface area (Å²) < 4.78 is 0. The SMILES string of the molecule is N[C@H]1CCCC[C@H]1c1nccs1. The highest BCUT2D eigenvalue weighted by Crippen LogP contribution is 2.32. The monoisotopic (exact) mass is 182 g/mol. The lowest BCUT2D eigenvalue weighted by molar-refractivity contribution is 0.384. The average molecular weight is 182 g/mol. The van der Waals surface area contributed by atoms with Gasteiger partial charge in [-0.05, 0) is 12.8 Å². The van der Waals surface area contributed by atoms with Gasteiger partial charge in [-0.1, -0.05) is 12.8 Å². The largest absolute Gasteiger partial charge is 0.327 e. The fourth-order valence-corrected chi connectivity index (χ4v) is 2.73. The molecule has 1 fully saturated rings. The first-order valence-electron chi connectivity index (χ1n) is 4.53. The molecule has 2 N–H and O–H groups in total. The Labute approximate surface area is 76.8 Å². The molecule has 0 aliphatic heterocycles. The molecule has 0 saturated heterocycles. The Morgan fingerprint density at radius 1 is 1.42 bits per heavy atom. The van der Waals surface area contributed by atoms with Crippen LogP contribution in [0.3, 0.4) is 0 Å². The summed E-state index contributed by atoms with van der Waals surface area (Å²) in [6.45, 7) is 0. The van der Waals surface area contributed by atoms with Gasteiger partial charge in [-0.15, -0.1) is 11.3 Å². The van der Waals surface area contributed by atoms with E-state index in [1.165, 1.54) is 30.7 Å². The number of hydrogen-bond donors (Lipinski definition) is 1. The lowest BCUT2D eigenvalue weighted by Crippen LogP contribution is -2.31. The summed E-state index contributed by atoms with van der Waals surface area (Å²) >= 11 is 1.74. The molecule has 1 aliphatic rings. The van der Waals surface area contributed by atoms with Crippen LogP contribution in [0.1, 0.15) is 36.6 Å². The van der Waals surface area contributed by atoms with Crippen LogP contribution in [-0.2, 0) is 0 Å². The highest BCUT2D eigenvalue weighted by atomic mass is 32.1. The van der Waals surface area contributed by atoms with Crippen LogP contribution in [-0.4, -0.2) is 11.0 Å². The van der Waals surface area contributed by atoms with Crippen LogP contribution in [0.2, 0.25) is 0 Å². The maximum Gasteiger partial charge on any atom is 0.0971 e. The van der Waals surface area contributed by atoms with Crippen LogP contribution in [0.15, 0.2) is 11.6 Å². The lowest BCUT2D eigenvalue weighted by atomic mass is 9.85. The van der Waals surface area contributed by atoms with Gasteiger partial charge in [0.15, 0.2) is 0 Å². The molecular weight excluding hydrogens is 168 g/mol. The van der Waals surface area contributed by atoms with Gasteiger partial charge in [-0.2, -0.15) is 0 Å². The van der Waals surface area contributed by atoms with Crippen molar-refractivity contribution < 1.29 is 0 Å². The summed E-state index contributed by atoms with van der Waals surface area (Å²) in [5.41, 5.74) is 6.04. The van der Waals surface area contributed by atoms with Crippen molar-refractivity contribution in [3.63, 3.8) is 0 Å². The number of rotatable bonds is 1. The van der Waals surface area contributed by atoms with Gasteiger partial charge in [0.25, 0.3) is 0 Å². The predicted molar refractivity (Wildman–Crippen MR) is 51.3 cm³/mol. The number of hydrogen-bond acceptors (Lipinski definition) is 3. The van der Waals surface area contributed by atoms with E-state index in [1.807, 2.05) is 11.6 Å². The summed E-state index contributed by atoms with van der Waals surface area (Å²) in [6, 6.07) is 0.352. The van der Waals surface area contributed by atoms with E-state index in [-0.39, 0.29) is 0 Å². The van der Waals surface area contributed by atoms with Crippen LogP contribution < -0.4 is 5.73 Å². The van der Waals surface area contributed by atoms with Gasteiger partial charge in [-0.3, -0.25) is 0 Å². The number of nitrogens with two attached hydrogens (primary N) is 1. The van der Waals surface area contributed by atoms with Gasteiger partial charge in [0, 0.05) is 23.5 Å². The first-order chi connectivity index (χ1) is 5.88. The second kappa shape index (κ2) is 3.54. The van der Waals surface area contributed by atoms with E-state index in [1.54, 1.807) is 11.3 Å². The van der Waals surface area contributed by atoms with Crippen molar-refractivity contribution in [1.29, 1.82) is 0 Å². The number of thiazole rings is 1. The highest BCUT2D eigenvalue weighted by molar-refractivity contribution is 7.09. The molecule has 1 saturated carbocycles. The highest BCUT2D eigenvalue weighted by Gasteiger charge is 2.24. The Bertz CT molecular complexity index is 233. The Morgan fingerprint density at radius 3 is 2.92 bits per heavy atom. The molecule has 1 aliphatic carbocycles. The van der Waals surface area contributed by atoms with E-state index in [0.29, 0.717) is 12.0 Å². The maximum atomic E-state index is 6.04. The van der Waals surface area contributed by atoms with Gasteiger partial charge in [-0.25, -0.2) is 4.98 Å². The molecule has 1 heterocycles. The molecule has 0 radical (unpaired) electrons. The third-order valence-electron chi connectivity index (χ3n) is 2.59. The Balaban J connectivity index is 2.11. The summed E-state index contributed by atoms with van der Waals surface area (Å²) in [6.07, 6.45) is 6.89. The summed E-state index contributed by atoms with van der Waals surface area (Å²) in [4.78, 5) is 4.33. The van der Waals surface area contributed by atoms with Crippen LogP contribution in [0, 0.1) is 0 Å². The maximum absolute atomic E-state index is 6.04. The first kappa shape index (κ1) is 8.20. The van der Waals surface area contributed by atoms with Crippen LogP contribution in [0.25, 0.3) is 0 Å². The second-order valence-electron chi connectivity index (χ2n) is 3.43. The van der Waals surface area contributed by atoms with Crippen molar-refractivity contribution in [1.82, 2.24) is 4.98 Å². The van der Waals surface area contributed by atoms with Crippen LogP contribution in [0.4, 0.5) is 0 Å². The van der Waals surface area contributed by atoms with E-state index >= 15 is 0 Å². The van der Waals surface area contributed by atoms with E-state index in [4.69, 9.17) is 5.73 Å². The van der Waals surface area contributed by atoms with Gasteiger partial charge >= 0.3 is 0 Å². The summed E-state index contributed by atoms with van der Waals surface area (Å²) in [5.74, 6) is 0.541. The van der Waals surface area contributed by atoms with Crippen LogP contribution >= 0.6 is 11.3 Å². The molecule has 66 valence electrons. The summed E-state index contributed by atoms with van der Waals surface area (Å²) in [5, 5.41) is 3.28. The molecule has 2 nitrogen and oxygen atoms in total. The van der Waals surface area contributed by atoms with Gasteiger partial charge < -0.3 is 5.73 Å². The smallest absolute Gasteiger partial charge is 0.0971 e. The standard InChI is InChI=1S/C9H14N2S/c10-8-4-2-1-3-7(8)9-11-5-6-12-9/h5-8H,1-4,10H2/t7-,8+/m1/s1. The second-order valence-corrected chi connectivity index (χ2v) is 4.35. The van der Waals surface area contributed by atoms with Crippen molar-refractivity contribution in [2.45, 2.75) is 37.6 Å². The Morgan fingerprint density at radius 2 is 2.25 bits per heavy atom. The normalized spacial score (nSPS) is 30.4. The predicted octanol–water partition coefficient (Wildman–Crippen LogP) is 2.13. The van der Waals surface area contributed by atoms with E-state index < -0.39 is 0 Å². The fourth-order valence-electron chi connectivity index (χ4n) is 1.88. The Hall–Kier alpha value is -0.410. The molecular formula is C9H14N2S. The molecule has 2 atom stereocenters. The van der Waals surface area contributed by atoms with E-state index in [9.17, 15) is 0 Å². The van der Waals surface area contributed by atoms with E-state index in [0.717, 1.165) is 0 Å². The molecule has 0 spiro atoms. The Kier molecular flexibility index (Phi) is 2.42. The number of nitrogens with zero attached hydrogens (tertiary/aromatic N) is 1. The van der Waals surface area contributed by atoms with E-state index in [2.05, 4.69) is 4.98 Å². The molecule has 0 unspecified atom stereocenters. The average Bonchev–Trinajstić information content (AvgIpc) is 2.57.